The fraction of sp³-hybridized carbons (Fsp3) is 0.500. The van der Waals surface area contributed by atoms with Crippen molar-refractivity contribution in [2.45, 2.75) is 31.7 Å². The van der Waals surface area contributed by atoms with E-state index in [0.717, 1.165) is 12.5 Å². The normalized spacial score (nSPS) is 17.8. The lowest BCUT2D eigenvalue weighted by molar-refractivity contribution is 0.529. The van der Waals surface area contributed by atoms with E-state index in [4.69, 9.17) is 5.73 Å². The van der Waals surface area contributed by atoms with E-state index in [0.29, 0.717) is 17.9 Å². The summed E-state index contributed by atoms with van der Waals surface area (Å²) in [6.07, 6.45) is 3.79. The maximum atomic E-state index is 13.2. The van der Waals surface area contributed by atoms with Crippen molar-refractivity contribution in [1.29, 1.82) is 0 Å². The first-order valence-corrected chi connectivity index (χ1v) is 5.36. The van der Waals surface area contributed by atoms with E-state index >= 15 is 0 Å². The van der Waals surface area contributed by atoms with Crippen LogP contribution in [-0.4, -0.2) is 6.04 Å². The van der Waals surface area contributed by atoms with E-state index in [-0.39, 0.29) is 6.04 Å². The summed E-state index contributed by atoms with van der Waals surface area (Å²) in [5.41, 5.74) is 6.47. The molecule has 1 aliphatic rings. The highest BCUT2D eigenvalue weighted by molar-refractivity contribution is 5.18. The zero-order chi connectivity index (χ0) is 10.8. The third-order valence-corrected chi connectivity index (χ3v) is 2.99. The summed E-state index contributed by atoms with van der Waals surface area (Å²) in [4.78, 5) is 0. The summed E-state index contributed by atoms with van der Waals surface area (Å²) in [7, 11) is 0. The van der Waals surface area contributed by atoms with Crippen molar-refractivity contribution in [3.05, 3.63) is 35.4 Å². The van der Waals surface area contributed by atoms with Gasteiger partial charge in [0.25, 0.3) is 0 Å². The fourth-order valence-corrected chi connectivity index (χ4v) is 1.81. The van der Waals surface area contributed by atoms with E-state index in [1.807, 2.05) is 0 Å². The SMILES string of the molecule is NC(CCc1ccc(F)cc1F)C1CC1. The summed E-state index contributed by atoms with van der Waals surface area (Å²) in [5.74, 6) is -0.353. The van der Waals surface area contributed by atoms with Crippen molar-refractivity contribution < 1.29 is 8.78 Å². The van der Waals surface area contributed by atoms with Crippen molar-refractivity contribution in [3.8, 4) is 0 Å². The molecule has 1 fully saturated rings. The van der Waals surface area contributed by atoms with Crippen LogP contribution < -0.4 is 5.73 Å². The van der Waals surface area contributed by atoms with Gasteiger partial charge in [-0.2, -0.15) is 0 Å². The van der Waals surface area contributed by atoms with Gasteiger partial charge in [0.1, 0.15) is 11.6 Å². The molecule has 3 heteroatoms. The Balaban J connectivity index is 1.92. The maximum Gasteiger partial charge on any atom is 0.129 e. The van der Waals surface area contributed by atoms with Crippen LogP contribution in [0.25, 0.3) is 0 Å². The number of benzene rings is 1. The lowest BCUT2D eigenvalue weighted by Crippen LogP contribution is -2.23. The average molecular weight is 211 g/mol. The quantitative estimate of drug-likeness (QED) is 0.814. The summed E-state index contributed by atoms with van der Waals surface area (Å²) < 4.78 is 25.9. The molecule has 0 bridgehead atoms. The minimum atomic E-state index is -0.525. The number of halogens is 2. The van der Waals surface area contributed by atoms with Crippen LogP contribution in [-0.2, 0) is 6.42 Å². The fourth-order valence-electron chi connectivity index (χ4n) is 1.81. The second-order valence-corrected chi connectivity index (χ2v) is 4.28. The molecule has 0 spiro atoms. The number of hydrogen-bond donors (Lipinski definition) is 1. The van der Waals surface area contributed by atoms with E-state index in [2.05, 4.69) is 0 Å². The first-order chi connectivity index (χ1) is 7.16. The van der Waals surface area contributed by atoms with Gasteiger partial charge in [0.15, 0.2) is 0 Å². The Kier molecular flexibility index (Phi) is 3.00. The first kappa shape index (κ1) is 10.6. The molecule has 1 aromatic carbocycles. The number of rotatable bonds is 4. The average Bonchev–Trinajstić information content (AvgIpc) is 2.99. The Morgan fingerprint density at radius 2 is 2.07 bits per heavy atom. The molecular formula is C12H15F2N. The largest absolute Gasteiger partial charge is 0.327 e. The van der Waals surface area contributed by atoms with Gasteiger partial charge in [-0.1, -0.05) is 6.07 Å². The third-order valence-electron chi connectivity index (χ3n) is 2.99. The first-order valence-electron chi connectivity index (χ1n) is 5.36. The molecule has 15 heavy (non-hydrogen) atoms. The Morgan fingerprint density at radius 1 is 1.33 bits per heavy atom. The maximum absolute atomic E-state index is 13.2. The standard InChI is InChI=1S/C12H15F2N/c13-10-5-3-8(11(14)7-10)4-6-12(15)9-1-2-9/h3,5,7,9,12H,1-2,4,6,15H2. The van der Waals surface area contributed by atoms with Gasteiger partial charge in [-0.05, 0) is 43.2 Å². The van der Waals surface area contributed by atoms with Crippen LogP contribution in [0.15, 0.2) is 18.2 Å². The molecule has 0 radical (unpaired) electrons. The second kappa shape index (κ2) is 4.27. The third kappa shape index (κ3) is 2.75. The predicted molar refractivity (Wildman–Crippen MR) is 55.4 cm³/mol. The molecule has 1 aliphatic carbocycles. The summed E-state index contributed by atoms with van der Waals surface area (Å²) in [5, 5.41) is 0. The van der Waals surface area contributed by atoms with Crippen LogP contribution >= 0.6 is 0 Å². The monoisotopic (exact) mass is 211 g/mol. The number of hydrogen-bond acceptors (Lipinski definition) is 1. The van der Waals surface area contributed by atoms with Gasteiger partial charge >= 0.3 is 0 Å². The molecule has 1 saturated carbocycles. The molecule has 0 amide bonds. The van der Waals surface area contributed by atoms with Crippen LogP contribution in [0.2, 0.25) is 0 Å². The van der Waals surface area contributed by atoms with Crippen molar-refractivity contribution in [3.63, 3.8) is 0 Å². The van der Waals surface area contributed by atoms with E-state index in [1.165, 1.54) is 25.0 Å². The van der Waals surface area contributed by atoms with Crippen LogP contribution in [0.5, 0.6) is 0 Å². The number of nitrogens with two attached hydrogens (primary N) is 1. The molecule has 0 aliphatic heterocycles. The molecule has 1 nitrogen and oxygen atoms in total. The molecule has 0 heterocycles. The molecule has 82 valence electrons. The second-order valence-electron chi connectivity index (χ2n) is 4.28. The highest BCUT2D eigenvalue weighted by Gasteiger charge is 2.28. The molecule has 1 atom stereocenters. The molecule has 2 rings (SSSR count). The molecule has 1 aromatic rings. The summed E-state index contributed by atoms with van der Waals surface area (Å²) >= 11 is 0. The van der Waals surface area contributed by atoms with Gasteiger partial charge in [0, 0.05) is 12.1 Å². The Morgan fingerprint density at radius 3 is 2.67 bits per heavy atom. The Labute approximate surface area is 88.3 Å². The van der Waals surface area contributed by atoms with Crippen molar-refractivity contribution in [2.75, 3.05) is 0 Å². The van der Waals surface area contributed by atoms with E-state index in [9.17, 15) is 8.78 Å². The van der Waals surface area contributed by atoms with Gasteiger partial charge in [0.2, 0.25) is 0 Å². The Hall–Kier alpha value is -0.960. The van der Waals surface area contributed by atoms with Crippen LogP contribution in [0.4, 0.5) is 8.78 Å². The lowest BCUT2D eigenvalue weighted by atomic mass is 10.0. The molecule has 2 N–H and O–H groups in total. The topological polar surface area (TPSA) is 26.0 Å². The van der Waals surface area contributed by atoms with Gasteiger partial charge in [-0.15, -0.1) is 0 Å². The number of aryl methyl sites for hydroxylation is 1. The van der Waals surface area contributed by atoms with Gasteiger partial charge in [0.05, 0.1) is 0 Å². The molecule has 0 aromatic heterocycles. The molecule has 1 unspecified atom stereocenters. The minimum absolute atomic E-state index is 0.175. The smallest absolute Gasteiger partial charge is 0.129 e. The van der Waals surface area contributed by atoms with Crippen LogP contribution in [0.3, 0.4) is 0 Å². The van der Waals surface area contributed by atoms with E-state index in [1.54, 1.807) is 0 Å². The molecular weight excluding hydrogens is 196 g/mol. The Bertz CT molecular complexity index is 347. The van der Waals surface area contributed by atoms with Crippen LogP contribution in [0.1, 0.15) is 24.8 Å². The van der Waals surface area contributed by atoms with E-state index < -0.39 is 11.6 Å². The minimum Gasteiger partial charge on any atom is -0.327 e. The van der Waals surface area contributed by atoms with Crippen molar-refractivity contribution in [1.82, 2.24) is 0 Å². The summed E-state index contributed by atoms with van der Waals surface area (Å²) in [6.45, 7) is 0. The van der Waals surface area contributed by atoms with Gasteiger partial charge in [-0.3, -0.25) is 0 Å². The van der Waals surface area contributed by atoms with Crippen molar-refractivity contribution >= 4 is 0 Å². The predicted octanol–water partition coefficient (Wildman–Crippen LogP) is 2.63. The highest BCUT2D eigenvalue weighted by atomic mass is 19.1. The highest BCUT2D eigenvalue weighted by Crippen LogP contribution is 2.33. The zero-order valence-corrected chi connectivity index (χ0v) is 8.55. The van der Waals surface area contributed by atoms with Gasteiger partial charge < -0.3 is 5.73 Å². The lowest BCUT2D eigenvalue weighted by Gasteiger charge is -2.10. The summed E-state index contributed by atoms with van der Waals surface area (Å²) in [6, 6.07) is 3.90. The van der Waals surface area contributed by atoms with Crippen LogP contribution in [0, 0.1) is 17.6 Å². The zero-order valence-electron chi connectivity index (χ0n) is 8.55. The molecule has 0 saturated heterocycles. The van der Waals surface area contributed by atoms with Crippen molar-refractivity contribution in [2.24, 2.45) is 11.7 Å². The van der Waals surface area contributed by atoms with Gasteiger partial charge in [-0.25, -0.2) is 8.78 Å².